The molecule has 0 aliphatic heterocycles. The lowest BCUT2D eigenvalue weighted by atomic mass is 10.1. The molecule has 1 amide bonds. The van der Waals surface area contributed by atoms with Gasteiger partial charge in [0.2, 0.25) is 5.91 Å². The van der Waals surface area contributed by atoms with E-state index < -0.39 is 0 Å². The van der Waals surface area contributed by atoms with Crippen LogP contribution in [0.1, 0.15) is 17.0 Å². The van der Waals surface area contributed by atoms with Crippen molar-refractivity contribution in [3.8, 4) is 5.75 Å². The van der Waals surface area contributed by atoms with Crippen LogP contribution in [0.3, 0.4) is 0 Å². The Labute approximate surface area is 138 Å². The molecular formula is C15H17ClN4O3. The van der Waals surface area contributed by atoms with Crippen LogP contribution in [0, 0.1) is 0 Å². The van der Waals surface area contributed by atoms with Gasteiger partial charge in [0.05, 0.1) is 6.42 Å². The van der Waals surface area contributed by atoms with Gasteiger partial charge < -0.3 is 20.9 Å². The van der Waals surface area contributed by atoms with E-state index >= 15 is 0 Å². The minimum atomic E-state index is -0.275. The van der Waals surface area contributed by atoms with Gasteiger partial charge >= 0.3 is 0 Å². The molecule has 0 saturated carbocycles. The number of nitrogens with zero attached hydrogens (tertiary/aromatic N) is 2. The first-order valence-electron chi connectivity index (χ1n) is 6.83. The van der Waals surface area contributed by atoms with Gasteiger partial charge in [-0.25, -0.2) is 9.97 Å². The maximum atomic E-state index is 12.0. The number of benzene rings is 1. The fourth-order valence-electron chi connectivity index (χ4n) is 1.92. The average molecular weight is 337 g/mol. The standard InChI is InChI=1S/C15H17ClN4O3/c1-23-8-13-18-6-10(15(17)20-13)7-19-14(22)5-9-4-11(16)2-3-12(9)21/h2-4,6,21H,5,7-8H2,1H3,(H,19,22)(H2,17,18,20). The molecule has 0 spiro atoms. The number of anilines is 1. The molecule has 7 nitrogen and oxygen atoms in total. The normalized spacial score (nSPS) is 10.5. The van der Waals surface area contributed by atoms with Gasteiger partial charge in [-0.2, -0.15) is 0 Å². The SMILES string of the molecule is COCc1ncc(CNC(=O)Cc2cc(Cl)ccc2O)c(N)n1. The number of methoxy groups -OCH3 is 1. The van der Waals surface area contributed by atoms with Crippen LogP contribution in [-0.4, -0.2) is 28.1 Å². The fraction of sp³-hybridized carbons (Fsp3) is 0.267. The van der Waals surface area contributed by atoms with E-state index in [4.69, 9.17) is 22.1 Å². The molecule has 1 heterocycles. The molecule has 1 aromatic heterocycles. The molecule has 0 radical (unpaired) electrons. The highest BCUT2D eigenvalue weighted by atomic mass is 35.5. The van der Waals surface area contributed by atoms with Crippen LogP contribution >= 0.6 is 11.6 Å². The third-order valence-electron chi connectivity index (χ3n) is 3.09. The Kier molecular flexibility index (Phi) is 5.72. The van der Waals surface area contributed by atoms with E-state index in [1.165, 1.54) is 6.07 Å². The third-order valence-corrected chi connectivity index (χ3v) is 3.33. The first-order chi connectivity index (χ1) is 11.0. The van der Waals surface area contributed by atoms with Crippen molar-refractivity contribution in [3.05, 3.63) is 46.4 Å². The van der Waals surface area contributed by atoms with Gasteiger partial charge in [0.25, 0.3) is 0 Å². The minimum Gasteiger partial charge on any atom is -0.508 e. The summed E-state index contributed by atoms with van der Waals surface area (Å²) in [5.41, 5.74) is 6.88. The summed E-state index contributed by atoms with van der Waals surface area (Å²) in [4.78, 5) is 20.1. The summed E-state index contributed by atoms with van der Waals surface area (Å²) < 4.78 is 4.92. The number of nitrogen functional groups attached to an aromatic ring is 1. The van der Waals surface area contributed by atoms with Crippen LogP contribution in [0.5, 0.6) is 5.75 Å². The topological polar surface area (TPSA) is 110 Å². The predicted octanol–water partition coefficient (Wildman–Crippen LogP) is 1.42. The third kappa shape index (κ3) is 4.80. The number of phenols is 1. The molecule has 122 valence electrons. The van der Waals surface area contributed by atoms with Crippen LogP contribution in [0.2, 0.25) is 5.02 Å². The van der Waals surface area contributed by atoms with Crippen molar-refractivity contribution < 1.29 is 14.6 Å². The van der Waals surface area contributed by atoms with Crippen molar-refractivity contribution >= 4 is 23.3 Å². The maximum absolute atomic E-state index is 12.0. The highest BCUT2D eigenvalue weighted by Crippen LogP contribution is 2.21. The second-order valence-electron chi connectivity index (χ2n) is 4.86. The molecule has 0 unspecified atom stereocenters. The Morgan fingerprint density at radius 1 is 1.43 bits per heavy atom. The molecule has 0 bridgehead atoms. The number of carbonyl (C=O) groups is 1. The Hall–Kier alpha value is -2.38. The molecule has 8 heteroatoms. The second kappa shape index (κ2) is 7.75. The quantitative estimate of drug-likeness (QED) is 0.736. The zero-order valence-electron chi connectivity index (χ0n) is 12.5. The highest BCUT2D eigenvalue weighted by molar-refractivity contribution is 6.30. The number of halogens is 1. The van der Waals surface area contributed by atoms with Crippen LogP contribution in [0.4, 0.5) is 5.82 Å². The number of ether oxygens (including phenoxy) is 1. The van der Waals surface area contributed by atoms with Crippen LogP contribution in [-0.2, 0) is 29.1 Å². The lowest BCUT2D eigenvalue weighted by Crippen LogP contribution is -2.25. The fourth-order valence-corrected chi connectivity index (χ4v) is 2.11. The molecule has 4 N–H and O–H groups in total. The summed E-state index contributed by atoms with van der Waals surface area (Å²) in [7, 11) is 1.54. The average Bonchev–Trinajstić information content (AvgIpc) is 2.50. The molecule has 0 aliphatic carbocycles. The summed E-state index contributed by atoms with van der Waals surface area (Å²) in [5.74, 6) is 0.515. The number of rotatable bonds is 6. The Morgan fingerprint density at radius 3 is 2.91 bits per heavy atom. The zero-order valence-corrected chi connectivity index (χ0v) is 13.3. The van der Waals surface area contributed by atoms with Gasteiger partial charge in [0, 0.05) is 36.0 Å². The van der Waals surface area contributed by atoms with Crippen molar-refractivity contribution in [1.82, 2.24) is 15.3 Å². The summed E-state index contributed by atoms with van der Waals surface area (Å²) >= 11 is 5.85. The lowest BCUT2D eigenvalue weighted by molar-refractivity contribution is -0.120. The number of aromatic nitrogens is 2. The van der Waals surface area contributed by atoms with Gasteiger partial charge in [-0.3, -0.25) is 4.79 Å². The van der Waals surface area contributed by atoms with Gasteiger partial charge in [-0.05, 0) is 18.2 Å². The lowest BCUT2D eigenvalue weighted by Gasteiger charge is -2.09. The summed E-state index contributed by atoms with van der Waals surface area (Å²) in [5, 5.41) is 12.9. The smallest absolute Gasteiger partial charge is 0.224 e. The zero-order chi connectivity index (χ0) is 16.8. The van der Waals surface area contributed by atoms with Crippen molar-refractivity contribution in [1.29, 1.82) is 0 Å². The highest BCUT2D eigenvalue weighted by Gasteiger charge is 2.10. The molecule has 0 saturated heterocycles. The van der Waals surface area contributed by atoms with Gasteiger partial charge in [-0.1, -0.05) is 11.6 Å². The van der Waals surface area contributed by atoms with E-state index in [1.54, 1.807) is 25.4 Å². The first kappa shape index (κ1) is 17.0. The number of carbonyl (C=O) groups excluding carboxylic acids is 1. The van der Waals surface area contributed by atoms with E-state index in [0.717, 1.165) is 0 Å². The van der Waals surface area contributed by atoms with Crippen molar-refractivity contribution in [2.75, 3.05) is 12.8 Å². The number of nitrogens with two attached hydrogens (primary N) is 1. The predicted molar refractivity (Wildman–Crippen MR) is 85.8 cm³/mol. The molecular weight excluding hydrogens is 320 g/mol. The summed E-state index contributed by atoms with van der Waals surface area (Å²) in [6.45, 7) is 0.462. The number of hydrogen-bond donors (Lipinski definition) is 3. The number of phenolic OH excluding ortho intramolecular Hbond substituents is 1. The summed E-state index contributed by atoms with van der Waals surface area (Å²) in [6.07, 6.45) is 1.56. The van der Waals surface area contributed by atoms with Gasteiger partial charge in [0.15, 0.2) is 5.82 Å². The molecule has 0 atom stereocenters. The maximum Gasteiger partial charge on any atom is 0.224 e. The Balaban J connectivity index is 1.95. The Morgan fingerprint density at radius 2 is 2.22 bits per heavy atom. The number of aromatic hydroxyl groups is 1. The molecule has 0 fully saturated rings. The molecule has 2 aromatic rings. The number of nitrogens with one attached hydrogen (secondary N) is 1. The number of amides is 1. The summed E-state index contributed by atoms with van der Waals surface area (Å²) in [6, 6.07) is 4.55. The van der Waals surface area contributed by atoms with Crippen LogP contribution in [0.15, 0.2) is 24.4 Å². The van der Waals surface area contributed by atoms with Crippen LogP contribution < -0.4 is 11.1 Å². The van der Waals surface area contributed by atoms with Crippen molar-refractivity contribution in [2.45, 2.75) is 19.6 Å². The Bertz CT molecular complexity index is 709. The van der Waals surface area contributed by atoms with E-state index in [-0.39, 0.29) is 37.0 Å². The van der Waals surface area contributed by atoms with Crippen LogP contribution in [0.25, 0.3) is 0 Å². The monoisotopic (exact) mass is 336 g/mol. The van der Waals surface area contributed by atoms with Gasteiger partial charge in [0.1, 0.15) is 18.2 Å². The molecule has 2 rings (SSSR count). The first-order valence-corrected chi connectivity index (χ1v) is 7.20. The second-order valence-corrected chi connectivity index (χ2v) is 5.29. The largest absolute Gasteiger partial charge is 0.508 e. The van der Waals surface area contributed by atoms with Crippen molar-refractivity contribution in [3.63, 3.8) is 0 Å². The molecule has 23 heavy (non-hydrogen) atoms. The number of hydrogen-bond acceptors (Lipinski definition) is 6. The molecule has 0 aliphatic rings. The molecule has 1 aromatic carbocycles. The van der Waals surface area contributed by atoms with Crippen molar-refractivity contribution in [2.24, 2.45) is 0 Å². The van der Waals surface area contributed by atoms with E-state index in [1.807, 2.05) is 0 Å². The van der Waals surface area contributed by atoms with E-state index in [2.05, 4.69) is 15.3 Å². The van der Waals surface area contributed by atoms with E-state index in [9.17, 15) is 9.90 Å². The van der Waals surface area contributed by atoms with E-state index in [0.29, 0.717) is 22.0 Å². The minimum absolute atomic E-state index is 0.00884. The van der Waals surface area contributed by atoms with Gasteiger partial charge in [-0.15, -0.1) is 0 Å².